The van der Waals surface area contributed by atoms with Gasteiger partial charge in [-0.1, -0.05) is 30.3 Å². The normalized spacial score (nSPS) is 15.9. The first-order chi connectivity index (χ1) is 15.7. The standard InChI is InChI=1S/C19H23N7.C2HF3O2/c1-15(16-5-3-2-4-6-16)25-9-7-17(8-10-25)23-18-11-20-12-19(24-18)26-14-21-13-22-26;3-2(4,5)1(6)7/h2-6,11-15,17H,7-10H2,1H3,(H,23,24);(H,6,7). The molecule has 1 atom stereocenters. The third-order valence-corrected chi connectivity index (χ3v) is 5.23. The van der Waals surface area contributed by atoms with Crippen LogP contribution in [-0.2, 0) is 4.79 Å². The van der Waals surface area contributed by atoms with Crippen LogP contribution in [0.25, 0.3) is 5.82 Å². The number of nitrogens with zero attached hydrogens (tertiary/aromatic N) is 6. The molecule has 0 spiro atoms. The molecule has 1 unspecified atom stereocenters. The molecular weight excluding hydrogens is 439 g/mol. The van der Waals surface area contributed by atoms with Gasteiger partial charge in [0.05, 0.1) is 12.4 Å². The highest BCUT2D eigenvalue weighted by Gasteiger charge is 2.38. The zero-order valence-corrected chi connectivity index (χ0v) is 17.9. The number of likely N-dealkylation sites (tertiary alicyclic amines) is 1. The van der Waals surface area contributed by atoms with E-state index in [1.807, 2.05) is 0 Å². The molecule has 1 aromatic carbocycles. The lowest BCUT2D eigenvalue weighted by molar-refractivity contribution is -0.192. The van der Waals surface area contributed by atoms with Crippen molar-refractivity contribution in [3.8, 4) is 5.82 Å². The van der Waals surface area contributed by atoms with Crippen LogP contribution in [0.1, 0.15) is 31.4 Å². The summed E-state index contributed by atoms with van der Waals surface area (Å²) < 4.78 is 33.3. The minimum Gasteiger partial charge on any atom is -0.475 e. The molecule has 1 aliphatic heterocycles. The van der Waals surface area contributed by atoms with Crippen LogP contribution >= 0.6 is 0 Å². The average Bonchev–Trinajstić information content (AvgIpc) is 3.35. The van der Waals surface area contributed by atoms with Crippen molar-refractivity contribution in [3.63, 3.8) is 0 Å². The van der Waals surface area contributed by atoms with Crippen molar-refractivity contribution in [2.45, 2.75) is 38.0 Å². The highest BCUT2D eigenvalue weighted by atomic mass is 19.4. The fourth-order valence-electron chi connectivity index (χ4n) is 3.44. The first kappa shape index (κ1) is 24.1. The van der Waals surface area contributed by atoms with Crippen LogP contribution in [0.15, 0.2) is 55.4 Å². The topological polar surface area (TPSA) is 109 Å². The lowest BCUT2D eigenvalue weighted by Gasteiger charge is -2.36. The van der Waals surface area contributed by atoms with E-state index >= 15 is 0 Å². The third kappa shape index (κ3) is 6.97. The number of benzene rings is 1. The van der Waals surface area contributed by atoms with E-state index in [0.29, 0.717) is 17.9 Å². The summed E-state index contributed by atoms with van der Waals surface area (Å²) in [6, 6.07) is 11.6. The van der Waals surface area contributed by atoms with Gasteiger partial charge in [0.1, 0.15) is 18.5 Å². The number of carbonyl (C=O) groups is 1. The smallest absolute Gasteiger partial charge is 0.475 e. The van der Waals surface area contributed by atoms with Gasteiger partial charge in [0.2, 0.25) is 0 Å². The summed E-state index contributed by atoms with van der Waals surface area (Å²) in [5.74, 6) is -1.30. The van der Waals surface area contributed by atoms with Gasteiger partial charge in [-0.2, -0.15) is 18.3 Å². The molecule has 12 heteroatoms. The monoisotopic (exact) mass is 463 g/mol. The predicted octanol–water partition coefficient (Wildman–Crippen LogP) is 3.33. The number of aliphatic carboxylic acids is 1. The maximum atomic E-state index is 10.6. The number of carboxylic acid groups (broad SMARTS) is 1. The zero-order valence-electron chi connectivity index (χ0n) is 17.9. The molecule has 3 aromatic rings. The average molecular weight is 463 g/mol. The summed E-state index contributed by atoms with van der Waals surface area (Å²) in [4.78, 5) is 24.2. The Morgan fingerprint density at radius 1 is 1.15 bits per heavy atom. The van der Waals surface area contributed by atoms with Gasteiger partial charge in [-0.3, -0.25) is 9.88 Å². The molecule has 1 fully saturated rings. The summed E-state index contributed by atoms with van der Waals surface area (Å²) in [6.45, 7) is 4.43. The Morgan fingerprint density at radius 2 is 1.82 bits per heavy atom. The van der Waals surface area contributed by atoms with Gasteiger partial charge in [0, 0.05) is 25.2 Å². The van der Waals surface area contributed by atoms with E-state index in [9.17, 15) is 13.2 Å². The molecule has 1 saturated heterocycles. The number of nitrogens with one attached hydrogen (secondary N) is 1. The van der Waals surface area contributed by atoms with Crippen molar-refractivity contribution in [1.29, 1.82) is 0 Å². The van der Waals surface area contributed by atoms with Crippen LogP contribution in [0.5, 0.6) is 0 Å². The van der Waals surface area contributed by atoms with Crippen LogP contribution in [0.2, 0.25) is 0 Å². The first-order valence-corrected chi connectivity index (χ1v) is 10.3. The Morgan fingerprint density at radius 3 is 2.39 bits per heavy atom. The van der Waals surface area contributed by atoms with Gasteiger partial charge in [-0.15, -0.1) is 0 Å². The molecule has 4 rings (SSSR count). The number of hydrogen-bond donors (Lipinski definition) is 2. The molecule has 176 valence electrons. The SMILES string of the molecule is CC(c1ccccc1)N1CCC(Nc2cncc(-n3cncn3)n2)CC1.O=C(O)C(F)(F)F. The lowest BCUT2D eigenvalue weighted by atomic mass is 10.0. The van der Waals surface area contributed by atoms with E-state index < -0.39 is 12.1 Å². The number of carboxylic acids is 1. The van der Waals surface area contributed by atoms with Crippen LogP contribution < -0.4 is 5.32 Å². The molecule has 0 aliphatic carbocycles. The molecule has 0 amide bonds. The van der Waals surface area contributed by atoms with E-state index in [2.05, 4.69) is 67.5 Å². The second kappa shape index (κ2) is 10.9. The Hall–Kier alpha value is -3.54. The van der Waals surface area contributed by atoms with Gasteiger partial charge < -0.3 is 10.4 Å². The van der Waals surface area contributed by atoms with E-state index in [1.54, 1.807) is 23.4 Å². The predicted molar refractivity (Wildman–Crippen MR) is 114 cm³/mol. The quantitative estimate of drug-likeness (QED) is 0.593. The Kier molecular flexibility index (Phi) is 7.93. The van der Waals surface area contributed by atoms with Crippen molar-refractivity contribution in [1.82, 2.24) is 29.6 Å². The minimum absolute atomic E-state index is 0.412. The summed E-state index contributed by atoms with van der Waals surface area (Å²) in [6.07, 6.45) is 3.66. The lowest BCUT2D eigenvalue weighted by Crippen LogP contribution is -2.40. The maximum Gasteiger partial charge on any atom is 0.490 e. The number of hydrogen-bond acceptors (Lipinski definition) is 7. The van der Waals surface area contributed by atoms with E-state index in [1.165, 1.54) is 11.9 Å². The van der Waals surface area contributed by atoms with Crippen molar-refractivity contribution < 1.29 is 23.1 Å². The molecule has 0 saturated carbocycles. The molecular formula is C21H24F3N7O2. The Balaban J connectivity index is 0.000000383. The third-order valence-electron chi connectivity index (χ3n) is 5.23. The molecule has 0 bridgehead atoms. The van der Waals surface area contributed by atoms with Crippen molar-refractivity contribution in [2.75, 3.05) is 18.4 Å². The van der Waals surface area contributed by atoms with Crippen molar-refractivity contribution in [3.05, 3.63) is 60.9 Å². The number of alkyl halides is 3. The van der Waals surface area contributed by atoms with Crippen molar-refractivity contribution >= 4 is 11.8 Å². The van der Waals surface area contributed by atoms with Crippen LogP contribution in [0.4, 0.5) is 19.0 Å². The van der Waals surface area contributed by atoms with Crippen LogP contribution in [-0.4, -0.2) is 66.0 Å². The largest absolute Gasteiger partial charge is 0.490 e. The van der Waals surface area contributed by atoms with Gasteiger partial charge >= 0.3 is 12.1 Å². The summed E-state index contributed by atoms with van der Waals surface area (Å²) in [5, 5.41) is 14.7. The summed E-state index contributed by atoms with van der Waals surface area (Å²) in [7, 11) is 0. The molecule has 0 radical (unpaired) electrons. The fraction of sp³-hybridized carbons (Fsp3) is 0.381. The molecule has 3 heterocycles. The van der Waals surface area contributed by atoms with Crippen LogP contribution in [0, 0.1) is 0 Å². The highest BCUT2D eigenvalue weighted by Crippen LogP contribution is 2.25. The van der Waals surface area contributed by atoms with Crippen molar-refractivity contribution in [2.24, 2.45) is 0 Å². The highest BCUT2D eigenvalue weighted by molar-refractivity contribution is 5.73. The number of anilines is 1. The number of piperidine rings is 1. The van der Waals surface area contributed by atoms with Crippen LogP contribution in [0.3, 0.4) is 0 Å². The first-order valence-electron chi connectivity index (χ1n) is 10.3. The molecule has 1 aliphatic rings. The summed E-state index contributed by atoms with van der Waals surface area (Å²) >= 11 is 0. The summed E-state index contributed by atoms with van der Waals surface area (Å²) in [5.41, 5.74) is 1.38. The maximum absolute atomic E-state index is 10.6. The fourth-order valence-corrected chi connectivity index (χ4v) is 3.44. The Labute approximate surface area is 188 Å². The number of rotatable bonds is 5. The second-order valence-electron chi connectivity index (χ2n) is 7.45. The van der Waals surface area contributed by atoms with Gasteiger partial charge in [0.25, 0.3) is 0 Å². The van der Waals surface area contributed by atoms with E-state index in [4.69, 9.17) is 9.90 Å². The minimum atomic E-state index is -5.08. The zero-order chi connectivity index (χ0) is 23.8. The molecule has 9 nitrogen and oxygen atoms in total. The Bertz CT molecular complexity index is 1010. The van der Waals surface area contributed by atoms with Gasteiger partial charge in [-0.05, 0) is 25.3 Å². The molecule has 2 N–H and O–H groups in total. The number of halogens is 3. The van der Waals surface area contributed by atoms with E-state index in [0.717, 1.165) is 31.7 Å². The number of aromatic nitrogens is 5. The van der Waals surface area contributed by atoms with Gasteiger partial charge in [-0.25, -0.2) is 19.4 Å². The second-order valence-corrected chi connectivity index (χ2v) is 7.45. The molecule has 2 aromatic heterocycles. The van der Waals surface area contributed by atoms with Gasteiger partial charge in [0.15, 0.2) is 5.82 Å². The molecule has 33 heavy (non-hydrogen) atoms. The van der Waals surface area contributed by atoms with E-state index in [-0.39, 0.29) is 0 Å².